The summed E-state index contributed by atoms with van der Waals surface area (Å²) in [7, 11) is 0. The third-order valence-electron chi connectivity index (χ3n) is 3.13. The molecule has 0 amide bonds. The summed E-state index contributed by atoms with van der Waals surface area (Å²) in [4.78, 5) is 0. The van der Waals surface area contributed by atoms with E-state index in [-0.39, 0.29) is 6.04 Å². The standard InChI is InChI=1S/C14H18Br2N4/c1-2-6-20-14(12(16)9-18-20)13(19-17)8-10-4-3-5-11(15)7-10/h3-5,7,9,13,19H,2,6,8,17H2,1H3. The molecule has 1 unspecified atom stereocenters. The van der Waals surface area contributed by atoms with E-state index in [0.29, 0.717) is 0 Å². The van der Waals surface area contributed by atoms with Crippen LogP contribution < -0.4 is 11.3 Å². The van der Waals surface area contributed by atoms with Gasteiger partial charge in [0, 0.05) is 11.0 Å². The van der Waals surface area contributed by atoms with Gasteiger partial charge in [-0.05, 0) is 46.5 Å². The van der Waals surface area contributed by atoms with E-state index in [9.17, 15) is 0 Å². The van der Waals surface area contributed by atoms with Gasteiger partial charge in [-0.3, -0.25) is 16.0 Å². The zero-order chi connectivity index (χ0) is 14.5. The van der Waals surface area contributed by atoms with Crippen LogP contribution in [0.5, 0.6) is 0 Å². The first-order chi connectivity index (χ1) is 9.65. The maximum atomic E-state index is 5.76. The van der Waals surface area contributed by atoms with Gasteiger partial charge in [-0.25, -0.2) is 0 Å². The Morgan fingerprint density at radius 1 is 1.40 bits per heavy atom. The molecule has 0 bridgehead atoms. The summed E-state index contributed by atoms with van der Waals surface area (Å²) in [5.74, 6) is 5.76. The van der Waals surface area contributed by atoms with Gasteiger partial charge in [0.1, 0.15) is 0 Å². The van der Waals surface area contributed by atoms with Crippen molar-refractivity contribution >= 4 is 31.9 Å². The van der Waals surface area contributed by atoms with Gasteiger partial charge < -0.3 is 0 Å². The van der Waals surface area contributed by atoms with E-state index in [1.165, 1.54) is 5.56 Å². The molecule has 2 aromatic rings. The highest BCUT2D eigenvalue weighted by molar-refractivity contribution is 9.10. The van der Waals surface area contributed by atoms with E-state index in [0.717, 1.165) is 34.0 Å². The predicted molar refractivity (Wildman–Crippen MR) is 88.1 cm³/mol. The lowest BCUT2D eigenvalue weighted by molar-refractivity contribution is 0.476. The first-order valence-electron chi connectivity index (χ1n) is 6.57. The number of aromatic nitrogens is 2. The number of hydrogen-bond acceptors (Lipinski definition) is 3. The average molecular weight is 402 g/mol. The maximum absolute atomic E-state index is 5.76. The first-order valence-corrected chi connectivity index (χ1v) is 8.16. The molecule has 6 heteroatoms. The van der Waals surface area contributed by atoms with Gasteiger partial charge in [0.2, 0.25) is 0 Å². The molecular weight excluding hydrogens is 384 g/mol. The largest absolute Gasteiger partial charge is 0.271 e. The van der Waals surface area contributed by atoms with Crippen LogP contribution in [0.2, 0.25) is 0 Å². The number of nitrogens with zero attached hydrogens (tertiary/aromatic N) is 2. The Balaban J connectivity index is 2.26. The molecule has 0 aliphatic carbocycles. The average Bonchev–Trinajstić information content (AvgIpc) is 2.78. The number of halogens is 2. The van der Waals surface area contributed by atoms with E-state index in [1.54, 1.807) is 0 Å². The maximum Gasteiger partial charge on any atom is 0.0712 e. The van der Waals surface area contributed by atoms with E-state index < -0.39 is 0 Å². The molecule has 0 radical (unpaired) electrons. The van der Waals surface area contributed by atoms with Crippen LogP contribution >= 0.6 is 31.9 Å². The number of hydrogen-bond donors (Lipinski definition) is 2. The molecule has 108 valence electrons. The molecule has 1 aromatic carbocycles. The van der Waals surface area contributed by atoms with Crippen molar-refractivity contribution in [3.05, 3.63) is 50.7 Å². The second kappa shape index (κ2) is 7.36. The van der Waals surface area contributed by atoms with Crippen LogP contribution in [0, 0.1) is 0 Å². The van der Waals surface area contributed by atoms with Crippen molar-refractivity contribution in [3.63, 3.8) is 0 Å². The zero-order valence-electron chi connectivity index (χ0n) is 11.3. The number of nitrogens with one attached hydrogen (secondary N) is 1. The number of rotatable bonds is 6. The number of hydrazine groups is 1. The summed E-state index contributed by atoms with van der Waals surface area (Å²) in [6, 6.07) is 8.28. The van der Waals surface area contributed by atoms with Crippen LogP contribution in [0.25, 0.3) is 0 Å². The van der Waals surface area contributed by atoms with Crippen molar-refractivity contribution in [2.24, 2.45) is 5.84 Å². The van der Waals surface area contributed by atoms with Crippen LogP contribution in [0.3, 0.4) is 0 Å². The molecule has 2 rings (SSSR count). The molecule has 4 nitrogen and oxygen atoms in total. The Kier molecular flexibility index (Phi) is 5.77. The van der Waals surface area contributed by atoms with Crippen molar-refractivity contribution in [1.82, 2.24) is 15.2 Å². The Hall–Kier alpha value is -0.690. The van der Waals surface area contributed by atoms with Crippen molar-refractivity contribution in [3.8, 4) is 0 Å². The molecule has 0 spiro atoms. The summed E-state index contributed by atoms with van der Waals surface area (Å²) >= 11 is 7.07. The van der Waals surface area contributed by atoms with Gasteiger partial charge in [0.15, 0.2) is 0 Å². The predicted octanol–water partition coefficient (Wildman–Crippen LogP) is 3.57. The van der Waals surface area contributed by atoms with Crippen molar-refractivity contribution in [1.29, 1.82) is 0 Å². The van der Waals surface area contributed by atoms with E-state index in [4.69, 9.17) is 5.84 Å². The van der Waals surface area contributed by atoms with Crippen molar-refractivity contribution in [2.45, 2.75) is 32.4 Å². The molecule has 0 aliphatic heterocycles. The van der Waals surface area contributed by atoms with Crippen molar-refractivity contribution in [2.75, 3.05) is 0 Å². The molecule has 3 N–H and O–H groups in total. The van der Waals surface area contributed by atoms with E-state index in [2.05, 4.69) is 61.4 Å². The van der Waals surface area contributed by atoms with E-state index >= 15 is 0 Å². The van der Waals surface area contributed by atoms with Gasteiger partial charge in [0.05, 0.1) is 22.4 Å². The van der Waals surface area contributed by atoms with Crippen LogP contribution in [0.15, 0.2) is 39.4 Å². The van der Waals surface area contributed by atoms with Gasteiger partial charge in [-0.2, -0.15) is 5.10 Å². The summed E-state index contributed by atoms with van der Waals surface area (Å²) < 4.78 is 4.07. The highest BCUT2D eigenvalue weighted by atomic mass is 79.9. The fourth-order valence-corrected chi connectivity index (χ4v) is 3.26. The van der Waals surface area contributed by atoms with Gasteiger partial charge in [-0.1, -0.05) is 35.0 Å². The highest BCUT2D eigenvalue weighted by Crippen LogP contribution is 2.26. The molecule has 0 saturated heterocycles. The molecule has 1 atom stereocenters. The SMILES string of the molecule is CCCn1ncc(Br)c1C(Cc1cccc(Br)c1)NN. The van der Waals surface area contributed by atoms with Crippen LogP contribution in [-0.4, -0.2) is 9.78 Å². The molecule has 1 aromatic heterocycles. The molecular formula is C14H18Br2N4. The summed E-state index contributed by atoms with van der Waals surface area (Å²) in [6.45, 7) is 3.02. The lowest BCUT2D eigenvalue weighted by Crippen LogP contribution is -2.31. The molecule has 0 fully saturated rings. The molecule has 0 aliphatic rings. The number of nitrogens with two attached hydrogens (primary N) is 1. The summed E-state index contributed by atoms with van der Waals surface area (Å²) in [5.41, 5.74) is 5.22. The van der Waals surface area contributed by atoms with Gasteiger partial charge in [-0.15, -0.1) is 0 Å². The quantitative estimate of drug-likeness (QED) is 0.574. The monoisotopic (exact) mass is 400 g/mol. The number of benzene rings is 1. The van der Waals surface area contributed by atoms with Gasteiger partial charge >= 0.3 is 0 Å². The minimum Gasteiger partial charge on any atom is -0.271 e. The Bertz CT molecular complexity index is 568. The lowest BCUT2D eigenvalue weighted by Gasteiger charge is -2.18. The third kappa shape index (κ3) is 3.69. The first kappa shape index (κ1) is 15.7. The van der Waals surface area contributed by atoms with Crippen molar-refractivity contribution < 1.29 is 0 Å². The smallest absolute Gasteiger partial charge is 0.0712 e. The molecule has 20 heavy (non-hydrogen) atoms. The highest BCUT2D eigenvalue weighted by Gasteiger charge is 2.19. The van der Waals surface area contributed by atoms with Crippen LogP contribution in [0.4, 0.5) is 0 Å². The number of aryl methyl sites for hydroxylation is 1. The molecule has 0 saturated carbocycles. The summed E-state index contributed by atoms with van der Waals surface area (Å²) in [6.07, 6.45) is 3.68. The second-order valence-corrected chi connectivity index (χ2v) is 6.42. The van der Waals surface area contributed by atoms with E-state index in [1.807, 2.05) is 23.0 Å². The Labute approximate surface area is 136 Å². The second-order valence-electron chi connectivity index (χ2n) is 4.65. The van der Waals surface area contributed by atoms with Crippen LogP contribution in [0.1, 0.15) is 30.6 Å². The fraction of sp³-hybridized carbons (Fsp3) is 0.357. The fourth-order valence-electron chi connectivity index (χ4n) is 2.24. The Morgan fingerprint density at radius 3 is 2.85 bits per heavy atom. The topological polar surface area (TPSA) is 55.9 Å². The van der Waals surface area contributed by atoms with Crippen LogP contribution in [-0.2, 0) is 13.0 Å². The Morgan fingerprint density at radius 2 is 2.20 bits per heavy atom. The van der Waals surface area contributed by atoms with Gasteiger partial charge in [0.25, 0.3) is 0 Å². The third-order valence-corrected chi connectivity index (χ3v) is 4.23. The normalized spacial score (nSPS) is 12.6. The lowest BCUT2D eigenvalue weighted by atomic mass is 10.0. The minimum absolute atomic E-state index is 0.0210. The minimum atomic E-state index is 0.0210. The zero-order valence-corrected chi connectivity index (χ0v) is 14.5. The summed E-state index contributed by atoms with van der Waals surface area (Å²) in [5, 5.41) is 4.40. The molecule has 1 heterocycles.